The highest BCUT2D eigenvalue weighted by Gasteiger charge is 2.35. The second kappa shape index (κ2) is 10.3. The first-order valence-corrected chi connectivity index (χ1v) is 13.2. The number of para-hydroxylation sites is 1. The topological polar surface area (TPSA) is 70.1 Å². The van der Waals surface area contributed by atoms with E-state index in [0.29, 0.717) is 24.2 Å². The zero-order chi connectivity index (χ0) is 26.2. The predicted molar refractivity (Wildman–Crippen MR) is 145 cm³/mol. The number of hydrogen-bond acceptors (Lipinski definition) is 5. The molecule has 2 aliphatic rings. The molecule has 1 saturated heterocycles. The Hall–Kier alpha value is -3.22. The van der Waals surface area contributed by atoms with Gasteiger partial charge in [0, 0.05) is 29.6 Å². The maximum absolute atomic E-state index is 13.2. The van der Waals surface area contributed by atoms with Crippen LogP contribution in [0.15, 0.2) is 60.7 Å². The van der Waals surface area contributed by atoms with E-state index in [1.165, 1.54) is 4.90 Å². The Balaban J connectivity index is 1.14. The van der Waals surface area contributed by atoms with E-state index in [4.69, 9.17) is 4.74 Å². The maximum atomic E-state index is 13.2. The van der Waals surface area contributed by atoms with E-state index in [-0.39, 0.29) is 29.8 Å². The van der Waals surface area contributed by atoms with Crippen LogP contribution in [-0.4, -0.2) is 65.6 Å². The molecule has 5 rings (SSSR count). The summed E-state index contributed by atoms with van der Waals surface area (Å²) in [5.41, 5.74) is 2.32. The number of rotatable bonds is 7. The number of β-amino-alcohol motifs (C(OH)–C–C–N with tert-alkyl or cyclic N) is 1. The minimum Gasteiger partial charge on any atom is -0.491 e. The van der Waals surface area contributed by atoms with Gasteiger partial charge in [-0.25, -0.2) is 0 Å². The number of aliphatic hydroxyl groups is 1. The largest absolute Gasteiger partial charge is 0.491 e. The minimum atomic E-state index is -0.591. The van der Waals surface area contributed by atoms with Gasteiger partial charge in [0.2, 0.25) is 0 Å². The lowest BCUT2D eigenvalue weighted by Crippen LogP contribution is -2.46. The number of aliphatic hydroxyl groups excluding tert-OH is 1. The van der Waals surface area contributed by atoms with Gasteiger partial charge in [0.15, 0.2) is 0 Å². The van der Waals surface area contributed by atoms with Crippen LogP contribution in [0, 0.1) is 5.92 Å². The number of amides is 2. The van der Waals surface area contributed by atoms with E-state index in [1.807, 2.05) is 54.6 Å². The molecule has 2 aliphatic heterocycles. The third-order valence-corrected chi connectivity index (χ3v) is 7.60. The molecule has 3 aromatic carbocycles. The molecule has 0 aliphatic carbocycles. The summed E-state index contributed by atoms with van der Waals surface area (Å²) in [6.45, 7) is 9.33. The summed E-state index contributed by atoms with van der Waals surface area (Å²) in [6, 6.07) is 19.3. The Kier molecular flexibility index (Phi) is 7.06. The van der Waals surface area contributed by atoms with E-state index < -0.39 is 6.10 Å². The van der Waals surface area contributed by atoms with Crippen molar-refractivity contribution in [1.29, 1.82) is 0 Å². The van der Waals surface area contributed by atoms with Crippen LogP contribution in [0.25, 0.3) is 10.8 Å². The summed E-state index contributed by atoms with van der Waals surface area (Å²) in [5.74, 6) is 0.682. The van der Waals surface area contributed by atoms with E-state index in [2.05, 4.69) is 31.7 Å². The Morgan fingerprint density at radius 3 is 2.16 bits per heavy atom. The van der Waals surface area contributed by atoms with Crippen LogP contribution >= 0.6 is 0 Å². The molecule has 194 valence electrons. The normalized spacial score (nSPS) is 17.9. The van der Waals surface area contributed by atoms with Gasteiger partial charge in [-0.3, -0.25) is 14.5 Å². The molecule has 6 nitrogen and oxygen atoms in total. The van der Waals surface area contributed by atoms with E-state index in [1.54, 1.807) is 0 Å². The van der Waals surface area contributed by atoms with Crippen molar-refractivity contribution in [2.75, 3.05) is 32.8 Å². The van der Waals surface area contributed by atoms with Crippen molar-refractivity contribution in [3.05, 3.63) is 77.4 Å². The number of carbonyl (C=O) groups is 2. The summed E-state index contributed by atoms with van der Waals surface area (Å²) < 4.78 is 6.01. The quantitative estimate of drug-likeness (QED) is 0.468. The number of piperidine rings is 1. The lowest BCUT2D eigenvalue weighted by molar-refractivity contribution is 0.0451. The first-order chi connectivity index (χ1) is 17.7. The molecule has 0 spiro atoms. The first kappa shape index (κ1) is 25.4. The van der Waals surface area contributed by atoms with Crippen LogP contribution in [0.4, 0.5) is 0 Å². The molecular weight excluding hydrogens is 464 g/mol. The van der Waals surface area contributed by atoms with Crippen molar-refractivity contribution < 1.29 is 19.4 Å². The second-order valence-corrected chi connectivity index (χ2v) is 11.4. The smallest absolute Gasteiger partial charge is 0.261 e. The highest BCUT2D eigenvalue weighted by Crippen LogP contribution is 2.32. The van der Waals surface area contributed by atoms with Crippen molar-refractivity contribution in [3.8, 4) is 5.75 Å². The number of benzene rings is 3. The van der Waals surface area contributed by atoms with Crippen LogP contribution < -0.4 is 4.74 Å². The number of ether oxygens (including phenoxy) is 1. The van der Waals surface area contributed by atoms with Gasteiger partial charge in [-0.1, -0.05) is 63.2 Å². The molecular formula is C31H36N2O4. The third kappa shape index (κ3) is 5.27. The lowest BCUT2D eigenvalue weighted by Gasteiger charge is -2.36. The van der Waals surface area contributed by atoms with Crippen molar-refractivity contribution in [1.82, 2.24) is 9.80 Å². The number of hydrogen-bond donors (Lipinski definition) is 1. The molecule has 37 heavy (non-hydrogen) atoms. The van der Waals surface area contributed by atoms with Crippen molar-refractivity contribution in [2.24, 2.45) is 5.92 Å². The van der Waals surface area contributed by atoms with Gasteiger partial charge in [-0.15, -0.1) is 0 Å². The summed E-state index contributed by atoms with van der Waals surface area (Å²) >= 11 is 0. The highest BCUT2D eigenvalue weighted by atomic mass is 16.5. The molecule has 0 bridgehead atoms. The maximum Gasteiger partial charge on any atom is 0.261 e. The predicted octanol–water partition coefficient (Wildman–Crippen LogP) is 4.89. The molecule has 1 fully saturated rings. The van der Waals surface area contributed by atoms with Crippen LogP contribution in [-0.2, 0) is 5.41 Å². The Labute approximate surface area is 218 Å². The second-order valence-electron chi connectivity index (χ2n) is 11.4. The number of likely N-dealkylation sites (tertiary alicyclic amines) is 1. The summed E-state index contributed by atoms with van der Waals surface area (Å²) in [4.78, 5) is 30.1. The average Bonchev–Trinajstić information content (AvgIpc) is 2.89. The molecule has 1 N–H and O–H groups in total. The van der Waals surface area contributed by atoms with Gasteiger partial charge < -0.3 is 14.7 Å². The molecule has 2 heterocycles. The van der Waals surface area contributed by atoms with Gasteiger partial charge in [0.05, 0.1) is 0 Å². The number of imide groups is 1. The lowest BCUT2D eigenvalue weighted by atomic mass is 9.86. The van der Waals surface area contributed by atoms with Gasteiger partial charge in [-0.2, -0.15) is 0 Å². The summed E-state index contributed by atoms with van der Waals surface area (Å²) in [5, 5.41) is 12.3. The fraction of sp³-hybridized carbons (Fsp3) is 0.419. The van der Waals surface area contributed by atoms with Crippen molar-refractivity contribution in [3.63, 3.8) is 0 Å². The van der Waals surface area contributed by atoms with Crippen molar-refractivity contribution in [2.45, 2.75) is 45.1 Å². The molecule has 0 unspecified atom stereocenters. The van der Waals surface area contributed by atoms with Gasteiger partial charge in [0.25, 0.3) is 11.8 Å². The number of carbonyl (C=O) groups excluding carboxylic acids is 2. The third-order valence-electron chi connectivity index (χ3n) is 7.60. The van der Waals surface area contributed by atoms with Gasteiger partial charge in [-0.05, 0) is 66.4 Å². The summed E-state index contributed by atoms with van der Waals surface area (Å²) in [7, 11) is 0. The van der Waals surface area contributed by atoms with E-state index in [0.717, 1.165) is 48.0 Å². The summed E-state index contributed by atoms with van der Waals surface area (Å²) in [6.07, 6.45) is 1.17. The molecule has 0 aromatic heterocycles. The SMILES string of the molecule is CC(C)(C)c1ccccc1OC[C@@H](O)CN1CCC(CN2C(=O)c3cccc4cccc(c34)C2=O)CC1. The van der Waals surface area contributed by atoms with E-state index >= 15 is 0 Å². The fourth-order valence-electron chi connectivity index (χ4n) is 5.60. The Morgan fingerprint density at radius 2 is 1.54 bits per heavy atom. The molecule has 0 radical (unpaired) electrons. The molecule has 0 saturated carbocycles. The first-order valence-electron chi connectivity index (χ1n) is 13.2. The van der Waals surface area contributed by atoms with Crippen LogP contribution in [0.5, 0.6) is 5.75 Å². The minimum absolute atomic E-state index is 0.0326. The van der Waals surface area contributed by atoms with Crippen LogP contribution in [0.2, 0.25) is 0 Å². The highest BCUT2D eigenvalue weighted by molar-refractivity contribution is 6.25. The van der Waals surface area contributed by atoms with Crippen molar-refractivity contribution >= 4 is 22.6 Å². The van der Waals surface area contributed by atoms with E-state index in [9.17, 15) is 14.7 Å². The van der Waals surface area contributed by atoms with Crippen LogP contribution in [0.3, 0.4) is 0 Å². The van der Waals surface area contributed by atoms with Gasteiger partial charge in [0.1, 0.15) is 18.5 Å². The molecule has 1 atom stereocenters. The number of nitrogens with zero attached hydrogens (tertiary/aromatic N) is 2. The molecule has 2 amide bonds. The van der Waals surface area contributed by atoms with Crippen LogP contribution in [0.1, 0.15) is 59.9 Å². The molecule has 3 aromatic rings. The zero-order valence-electron chi connectivity index (χ0n) is 21.9. The monoisotopic (exact) mass is 500 g/mol. The molecule has 6 heteroatoms. The zero-order valence-corrected chi connectivity index (χ0v) is 21.9. The Morgan fingerprint density at radius 1 is 0.919 bits per heavy atom. The van der Waals surface area contributed by atoms with Gasteiger partial charge >= 0.3 is 0 Å². The fourth-order valence-corrected chi connectivity index (χ4v) is 5.60. The average molecular weight is 501 g/mol. The Bertz CT molecular complexity index is 1250. The standard InChI is InChI=1S/C31H36N2O4/c1-31(2,3)26-12-4-5-13-27(26)37-20-23(34)19-32-16-14-21(15-17-32)18-33-29(35)24-10-6-8-22-9-7-11-25(28(22)24)30(33)36/h4-13,21,23,34H,14-20H2,1-3H3/t23-/m0/s1.